The van der Waals surface area contributed by atoms with Crippen LogP contribution in [0.2, 0.25) is 5.02 Å². The van der Waals surface area contributed by atoms with Crippen molar-refractivity contribution in [3.63, 3.8) is 0 Å². The number of para-hydroxylation sites is 1. The molecule has 2 aromatic carbocycles. The Morgan fingerprint density at radius 1 is 1.12 bits per heavy atom. The van der Waals surface area contributed by atoms with Gasteiger partial charge in [-0.15, -0.1) is 0 Å². The Hall–Kier alpha value is -2.79. The van der Waals surface area contributed by atoms with Crippen molar-refractivity contribution in [2.75, 3.05) is 35.5 Å². The monoisotopic (exact) mass is 503 g/mol. The topological polar surface area (TPSA) is 86.8 Å². The van der Waals surface area contributed by atoms with E-state index in [0.717, 1.165) is 31.2 Å². The van der Waals surface area contributed by atoms with Gasteiger partial charge >= 0.3 is 6.18 Å². The molecule has 0 saturated carbocycles. The molecule has 3 rings (SSSR count). The number of anilines is 2. The lowest BCUT2D eigenvalue weighted by atomic mass is 10.1. The highest BCUT2D eigenvalue weighted by molar-refractivity contribution is 7.92. The fourth-order valence-corrected chi connectivity index (χ4v) is 4.55. The lowest BCUT2D eigenvalue weighted by molar-refractivity contribution is -0.137. The summed E-state index contributed by atoms with van der Waals surface area (Å²) in [6.45, 7) is 0.395. The van der Waals surface area contributed by atoms with Gasteiger partial charge in [-0.25, -0.2) is 8.42 Å². The van der Waals surface area contributed by atoms with Crippen molar-refractivity contribution in [3.8, 4) is 0 Å². The first-order valence-electron chi connectivity index (χ1n) is 9.90. The maximum absolute atomic E-state index is 13.2. The zero-order valence-corrected chi connectivity index (χ0v) is 19.1. The number of sulfonamides is 1. The number of nitrogens with zero attached hydrogens (tertiary/aromatic N) is 2. The number of amides is 2. The van der Waals surface area contributed by atoms with Gasteiger partial charge in [-0.05, 0) is 43.2 Å². The summed E-state index contributed by atoms with van der Waals surface area (Å²) >= 11 is 5.61. The van der Waals surface area contributed by atoms with Gasteiger partial charge in [-0.2, -0.15) is 13.2 Å². The SMILES string of the molecule is CS(=O)(=O)N(CC(=O)Nc1ccccc1C(=O)N1CCCC1)c1ccc(Cl)c(C(F)(F)F)c1. The van der Waals surface area contributed by atoms with Crippen LogP contribution in [0.15, 0.2) is 42.5 Å². The molecular formula is C21H21ClF3N3O4S. The summed E-state index contributed by atoms with van der Waals surface area (Å²) in [6.07, 6.45) is -2.28. The fourth-order valence-electron chi connectivity index (χ4n) is 3.47. The molecule has 33 heavy (non-hydrogen) atoms. The maximum atomic E-state index is 13.2. The van der Waals surface area contributed by atoms with E-state index in [2.05, 4.69) is 5.32 Å². The van der Waals surface area contributed by atoms with Crippen molar-refractivity contribution < 1.29 is 31.2 Å². The summed E-state index contributed by atoms with van der Waals surface area (Å²) in [6, 6.07) is 8.83. The fraction of sp³-hybridized carbons (Fsp3) is 0.333. The predicted octanol–water partition coefficient (Wildman–Crippen LogP) is 4.00. The minimum absolute atomic E-state index is 0.180. The largest absolute Gasteiger partial charge is 0.417 e. The number of carbonyl (C=O) groups is 2. The molecule has 178 valence electrons. The minimum Gasteiger partial charge on any atom is -0.339 e. The Morgan fingerprint density at radius 3 is 2.36 bits per heavy atom. The number of halogens is 4. The van der Waals surface area contributed by atoms with Crippen molar-refractivity contribution >= 4 is 44.8 Å². The van der Waals surface area contributed by atoms with E-state index in [1.807, 2.05) is 0 Å². The molecule has 1 heterocycles. The molecule has 0 radical (unpaired) electrons. The van der Waals surface area contributed by atoms with E-state index in [9.17, 15) is 31.2 Å². The number of carbonyl (C=O) groups excluding carboxylic acids is 2. The lowest BCUT2D eigenvalue weighted by Gasteiger charge is -2.24. The third-order valence-corrected chi connectivity index (χ3v) is 6.53. The van der Waals surface area contributed by atoms with Gasteiger partial charge in [0.15, 0.2) is 0 Å². The standard InChI is InChI=1S/C21H21ClF3N3O4S/c1-33(31,32)28(14-8-9-17(22)16(12-14)21(23,24)25)13-19(29)26-18-7-3-2-6-15(18)20(30)27-10-4-5-11-27/h2-3,6-9,12H,4-5,10-11,13H2,1H3,(H,26,29). The Morgan fingerprint density at radius 2 is 1.76 bits per heavy atom. The average Bonchev–Trinajstić information content (AvgIpc) is 3.26. The van der Waals surface area contributed by atoms with Gasteiger partial charge in [0.2, 0.25) is 15.9 Å². The number of hydrogen-bond donors (Lipinski definition) is 1. The number of likely N-dealkylation sites (tertiary alicyclic amines) is 1. The van der Waals surface area contributed by atoms with E-state index in [0.29, 0.717) is 23.5 Å². The molecular weight excluding hydrogens is 483 g/mol. The molecule has 1 fully saturated rings. The van der Waals surface area contributed by atoms with Crippen LogP contribution in [0.1, 0.15) is 28.8 Å². The first-order valence-corrected chi connectivity index (χ1v) is 12.1. The number of nitrogens with one attached hydrogen (secondary N) is 1. The normalized spacial score (nSPS) is 14.3. The summed E-state index contributed by atoms with van der Waals surface area (Å²) in [7, 11) is -4.13. The first-order chi connectivity index (χ1) is 15.4. The summed E-state index contributed by atoms with van der Waals surface area (Å²) in [4.78, 5) is 27.1. The number of hydrogen-bond acceptors (Lipinski definition) is 4. The maximum Gasteiger partial charge on any atom is 0.417 e. The molecule has 1 N–H and O–H groups in total. The summed E-state index contributed by atoms with van der Waals surface area (Å²) in [5.74, 6) is -1.10. The quantitative estimate of drug-likeness (QED) is 0.645. The first kappa shape index (κ1) is 24.8. The van der Waals surface area contributed by atoms with Crippen molar-refractivity contribution in [2.45, 2.75) is 19.0 Å². The van der Waals surface area contributed by atoms with Crippen LogP contribution in [0.3, 0.4) is 0 Å². The highest BCUT2D eigenvalue weighted by atomic mass is 35.5. The van der Waals surface area contributed by atoms with Crippen molar-refractivity contribution in [3.05, 3.63) is 58.6 Å². The van der Waals surface area contributed by atoms with E-state index in [1.165, 1.54) is 6.07 Å². The van der Waals surface area contributed by atoms with Crippen molar-refractivity contribution in [1.29, 1.82) is 0 Å². The summed E-state index contributed by atoms with van der Waals surface area (Å²) in [5.41, 5.74) is -1.17. The number of benzene rings is 2. The Bertz CT molecular complexity index is 1170. The van der Waals surface area contributed by atoms with Gasteiger partial charge < -0.3 is 10.2 Å². The molecule has 0 spiro atoms. The molecule has 0 aliphatic carbocycles. The Kier molecular flexibility index (Phi) is 7.23. The minimum atomic E-state index is -4.81. The summed E-state index contributed by atoms with van der Waals surface area (Å²) < 4.78 is 64.8. The van der Waals surface area contributed by atoms with Crippen LogP contribution < -0.4 is 9.62 Å². The Balaban J connectivity index is 1.86. The van der Waals surface area contributed by atoms with Crippen LogP contribution in [-0.4, -0.2) is 51.0 Å². The predicted molar refractivity (Wildman–Crippen MR) is 119 cm³/mol. The molecule has 0 unspecified atom stereocenters. The second-order valence-electron chi connectivity index (χ2n) is 7.52. The molecule has 0 aromatic heterocycles. The summed E-state index contributed by atoms with van der Waals surface area (Å²) in [5, 5.41) is 1.90. The smallest absolute Gasteiger partial charge is 0.339 e. The molecule has 2 amide bonds. The van der Waals surface area contributed by atoms with Gasteiger partial charge in [0.1, 0.15) is 6.54 Å². The average molecular weight is 504 g/mol. The molecule has 2 aromatic rings. The second-order valence-corrected chi connectivity index (χ2v) is 9.84. The Labute approximate surface area is 194 Å². The van der Waals surface area contributed by atoms with Gasteiger partial charge in [0.25, 0.3) is 5.91 Å². The number of rotatable bonds is 6. The zero-order chi connectivity index (χ0) is 24.4. The van der Waals surface area contributed by atoms with Crippen LogP contribution in [0.25, 0.3) is 0 Å². The van der Waals surface area contributed by atoms with Gasteiger partial charge in [0, 0.05) is 13.1 Å². The molecule has 1 aliphatic rings. The highest BCUT2D eigenvalue weighted by Crippen LogP contribution is 2.37. The van der Waals surface area contributed by atoms with E-state index in [-0.39, 0.29) is 22.8 Å². The van der Waals surface area contributed by atoms with Crippen molar-refractivity contribution in [2.24, 2.45) is 0 Å². The van der Waals surface area contributed by atoms with Crippen LogP contribution in [0.5, 0.6) is 0 Å². The van der Waals surface area contributed by atoms with Crippen molar-refractivity contribution in [1.82, 2.24) is 4.90 Å². The van der Waals surface area contributed by atoms with Crippen LogP contribution in [0, 0.1) is 0 Å². The van der Waals surface area contributed by atoms with E-state index in [4.69, 9.17) is 11.6 Å². The second kappa shape index (κ2) is 9.60. The van der Waals surface area contributed by atoms with Gasteiger partial charge in [0.05, 0.1) is 33.8 Å². The molecule has 7 nitrogen and oxygen atoms in total. The lowest BCUT2D eigenvalue weighted by Crippen LogP contribution is -2.38. The van der Waals surface area contributed by atoms with E-state index < -0.39 is 39.2 Å². The molecule has 1 saturated heterocycles. The molecule has 0 bridgehead atoms. The third kappa shape index (κ3) is 5.97. The zero-order valence-electron chi connectivity index (χ0n) is 17.5. The van der Waals surface area contributed by atoms with E-state index >= 15 is 0 Å². The van der Waals surface area contributed by atoms with Gasteiger partial charge in [-0.3, -0.25) is 13.9 Å². The van der Waals surface area contributed by atoms with Gasteiger partial charge in [-0.1, -0.05) is 23.7 Å². The van der Waals surface area contributed by atoms with Crippen LogP contribution in [-0.2, 0) is 21.0 Å². The third-order valence-electron chi connectivity index (χ3n) is 5.06. The van der Waals surface area contributed by atoms with Crippen LogP contribution >= 0.6 is 11.6 Å². The highest BCUT2D eigenvalue weighted by Gasteiger charge is 2.34. The molecule has 1 aliphatic heterocycles. The number of alkyl halides is 3. The molecule has 12 heteroatoms. The van der Waals surface area contributed by atoms with Crippen LogP contribution in [0.4, 0.5) is 24.5 Å². The molecule has 0 atom stereocenters. The van der Waals surface area contributed by atoms with E-state index in [1.54, 1.807) is 23.1 Å².